The lowest BCUT2D eigenvalue weighted by Crippen LogP contribution is -2.49. The molecule has 0 radical (unpaired) electrons. The third kappa shape index (κ3) is 3.04. The summed E-state index contributed by atoms with van der Waals surface area (Å²) in [5.74, 6) is 3.62. The van der Waals surface area contributed by atoms with Crippen LogP contribution in [0.4, 0.5) is 0 Å². The average molecular weight is 229 g/mol. The Morgan fingerprint density at radius 2 is 1.73 bits per heavy atom. The van der Waals surface area contributed by atoms with Crippen LogP contribution in [0.1, 0.15) is 39.5 Å². The van der Waals surface area contributed by atoms with E-state index < -0.39 is 10.8 Å². The minimum atomic E-state index is -0.514. The zero-order valence-corrected chi connectivity index (χ0v) is 10.7. The van der Waals surface area contributed by atoms with Gasteiger partial charge in [-0.3, -0.25) is 4.21 Å². The summed E-state index contributed by atoms with van der Waals surface area (Å²) in [6, 6.07) is 1.41. The molecule has 0 spiro atoms. The fraction of sp³-hybridized carbons (Fsp3) is 1.00. The van der Waals surface area contributed by atoms with Crippen LogP contribution < -0.4 is 5.32 Å². The van der Waals surface area contributed by atoms with Gasteiger partial charge in [0.15, 0.2) is 0 Å². The van der Waals surface area contributed by atoms with E-state index in [1.54, 1.807) is 0 Å². The molecule has 2 aliphatic rings. The molecule has 3 heteroatoms. The molecule has 0 aromatic rings. The van der Waals surface area contributed by atoms with Crippen LogP contribution in [0.25, 0.3) is 0 Å². The Morgan fingerprint density at radius 1 is 1.13 bits per heavy atom. The second kappa shape index (κ2) is 4.96. The Kier molecular flexibility index (Phi) is 3.83. The van der Waals surface area contributed by atoms with Crippen molar-refractivity contribution in [3.05, 3.63) is 0 Å². The first-order valence-electron chi connectivity index (χ1n) is 6.26. The molecule has 0 atom stereocenters. The molecular weight excluding hydrogens is 206 g/mol. The summed E-state index contributed by atoms with van der Waals surface area (Å²) in [4.78, 5) is 0. The quantitative estimate of drug-likeness (QED) is 0.801. The standard InChI is InChI=1S/C12H23NOS/c1-9(2)10-7-12(8-10)13-11-3-5-15(14)6-4-11/h9-13H,3-8H2,1-2H3. The molecule has 1 saturated carbocycles. The Morgan fingerprint density at radius 3 is 2.27 bits per heavy atom. The van der Waals surface area contributed by atoms with E-state index in [0.717, 1.165) is 42.2 Å². The third-order valence-corrected chi connectivity index (χ3v) is 5.36. The lowest BCUT2D eigenvalue weighted by molar-refractivity contribution is 0.155. The Bertz CT molecular complexity index is 226. The molecule has 15 heavy (non-hydrogen) atoms. The molecule has 0 aromatic carbocycles. The molecule has 0 amide bonds. The van der Waals surface area contributed by atoms with Crippen LogP contribution >= 0.6 is 0 Å². The van der Waals surface area contributed by atoms with Crippen molar-refractivity contribution < 1.29 is 4.21 Å². The second-order valence-corrected chi connectivity index (χ2v) is 7.16. The summed E-state index contributed by atoms with van der Waals surface area (Å²) >= 11 is 0. The molecule has 1 aliphatic heterocycles. The molecular formula is C12H23NOS. The highest BCUT2D eigenvalue weighted by Gasteiger charge is 2.32. The van der Waals surface area contributed by atoms with Crippen molar-refractivity contribution in [3.63, 3.8) is 0 Å². The van der Waals surface area contributed by atoms with Gasteiger partial charge in [-0.05, 0) is 37.5 Å². The predicted octanol–water partition coefficient (Wildman–Crippen LogP) is 1.92. The maximum atomic E-state index is 11.2. The van der Waals surface area contributed by atoms with Crippen molar-refractivity contribution in [2.75, 3.05) is 11.5 Å². The summed E-state index contributed by atoms with van der Waals surface area (Å²) in [5.41, 5.74) is 0. The smallest absolute Gasteiger partial charge is 0.0249 e. The topological polar surface area (TPSA) is 29.1 Å². The molecule has 2 fully saturated rings. The number of rotatable bonds is 3. The van der Waals surface area contributed by atoms with E-state index in [0.29, 0.717) is 6.04 Å². The van der Waals surface area contributed by atoms with Crippen molar-refractivity contribution in [1.29, 1.82) is 0 Å². The summed E-state index contributed by atoms with van der Waals surface area (Å²) < 4.78 is 11.2. The SMILES string of the molecule is CC(C)C1CC(NC2CCS(=O)CC2)C1. The van der Waals surface area contributed by atoms with Gasteiger partial charge in [-0.2, -0.15) is 0 Å². The first-order chi connectivity index (χ1) is 7.15. The van der Waals surface area contributed by atoms with Crippen LogP contribution in [-0.2, 0) is 10.8 Å². The van der Waals surface area contributed by atoms with Crippen LogP contribution in [0.3, 0.4) is 0 Å². The summed E-state index contributed by atoms with van der Waals surface area (Å²) in [7, 11) is -0.514. The third-order valence-electron chi connectivity index (χ3n) is 3.98. The van der Waals surface area contributed by atoms with E-state index >= 15 is 0 Å². The lowest BCUT2D eigenvalue weighted by atomic mass is 9.73. The van der Waals surface area contributed by atoms with Crippen LogP contribution in [0, 0.1) is 11.8 Å². The maximum Gasteiger partial charge on any atom is 0.0249 e. The van der Waals surface area contributed by atoms with Gasteiger partial charge in [-0.1, -0.05) is 13.8 Å². The second-order valence-electron chi connectivity index (χ2n) is 5.46. The molecule has 2 nitrogen and oxygen atoms in total. The molecule has 0 bridgehead atoms. The number of nitrogens with one attached hydrogen (secondary N) is 1. The largest absolute Gasteiger partial charge is 0.311 e. The Balaban J connectivity index is 1.65. The van der Waals surface area contributed by atoms with E-state index in [-0.39, 0.29) is 0 Å². The number of hydrogen-bond donors (Lipinski definition) is 1. The summed E-state index contributed by atoms with van der Waals surface area (Å²) in [5, 5.41) is 3.73. The predicted molar refractivity (Wildman–Crippen MR) is 65.4 cm³/mol. The summed E-state index contributed by atoms with van der Waals surface area (Å²) in [6.45, 7) is 4.65. The Hall–Kier alpha value is 0.110. The highest BCUT2D eigenvalue weighted by Crippen LogP contribution is 2.34. The highest BCUT2D eigenvalue weighted by molar-refractivity contribution is 7.85. The fourth-order valence-corrected chi connectivity index (χ4v) is 3.94. The van der Waals surface area contributed by atoms with E-state index in [4.69, 9.17) is 0 Å². The first kappa shape index (κ1) is 11.6. The highest BCUT2D eigenvalue weighted by atomic mass is 32.2. The number of hydrogen-bond acceptors (Lipinski definition) is 2. The van der Waals surface area contributed by atoms with E-state index in [2.05, 4.69) is 19.2 Å². The van der Waals surface area contributed by atoms with Gasteiger partial charge in [0.2, 0.25) is 0 Å². The van der Waals surface area contributed by atoms with Crippen molar-refractivity contribution in [2.45, 2.75) is 51.6 Å². The van der Waals surface area contributed by atoms with Crippen LogP contribution in [-0.4, -0.2) is 27.8 Å². The minimum absolute atomic E-state index is 0.514. The van der Waals surface area contributed by atoms with Gasteiger partial charge in [0.25, 0.3) is 0 Å². The molecule has 0 unspecified atom stereocenters. The monoisotopic (exact) mass is 229 g/mol. The van der Waals surface area contributed by atoms with Gasteiger partial charge < -0.3 is 5.32 Å². The molecule has 1 aliphatic carbocycles. The van der Waals surface area contributed by atoms with Gasteiger partial charge in [-0.25, -0.2) is 0 Å². The van der Waals surface area contributed by atoms with Gasteiger partial charge >= 0.3 is 0 Å². The molecule has 1 heterocycles. The summed E-state index contributed by atoms with van der Waals surface area (Å²) in [6.07, 6.45) is 4.96. The average Bonchev–Trinajstić information content (AvgIpc) is 2.13. The van der Waals surface area contributed by atoms with E-state index in [9.17, 15) is 4.21 Å². The van der Waals surface area contributed by atoms with Crippen molar-refractivity contribution >= 4 is 10.8 Å². The molecule has 1 saturated heterocycles. The van der Waals surface area contributed by atoms with Gasteiger partial charge in [0.05, 0.1) is 0 Å². The zero-order chi connectivity index (χ0) is 10.8. The first-order valence-corrected chi connectivity index (χ1v) is 7.75. The van der Waals surface area contributed by atoms with Crippen molar-refractivity contribution in [1.82, 2.24) is 5.32 Å². The normalized spacial score (nSPS) is 41.5. The molecule has 88 valence electrons. The van der Waals surface area contributed by atoms with Crippen molar-refractivity contribution in [3.8, 4) is 0 Å². The molecule has 2 rings (SSSR count). The minimum Gasteiger partial charge on any atom is -0.311 e. The fourth-order valence-electron chi connectivity index (χ4n) is 2.64. The molecule has 1 N–H and O–H groups in total. The van der Waals surface area contributed by atoms with Crippen LogP contribution in [0.5, 0.6) is 0 Å². The molecule has 0 aromatic heterocycles. The Labute approximate surface area is 95.7 Å². The van der Waals surface area contributed by atoms with E-state index in [1.165, 1.54) is 12.8 Å². The van der Waals surface area contributed by atoms with Crippen LogP contribution in [0.2, 0.25) is 0 Å². The van der Waals surface area contributed by atoms with Gasteiger partial charge in [0.1, 0.15) is 0 Å². The van der Waals surface area contributed by atoms with E-state index in [1.807, 2.05) is 0 Å². The maximum absolute atomic E-state index is 11.2. The van der Waals surface area contributed by atoms with Crippen LogP contribution in [0.15, 0.2) is 0 Å². The van der Waals surface area contributed by atoms with Gasteiger partial charge in [-0.15, -0.1) is 0 Å². The van der Waals surface area contributed by atoms with Gasteiger partial charge in [0, 0.05) is 34.4 Å². The zero-order valence-electron chi connectivity index (χ0n) is 9.87. The van der Waals surface area contributed by atoms with Crippen molar-refractivity contribution in [2.24, 2.45) is 11.8 Å². The lowest BCUT2D eigenvalue weighted by Gasteiger charge is -2.41.